The molecule has 0 unspecified atom stereocenters. The van der Waals surface area contributed by atoms with Gasteiger partial charge in [-0.15, -0.1) is 0 Å². The summed E-state index contributed by atoms with van der Waals surface area (Å²) in [6.45, 7) is 0.601. The van der Waals surface area contributed by atoms with E-state index in [1.807, 2.05) is 0 Å². The third kappa shape index (κ3) is 0.994. The molecule has 1 rings (SSSR count). The van der Waals surface area contributed by atoms with Gasteiger partial charge in [0.25, 0.3) is 6.54 Å². The minimum absolute atomic E-state index is 0.295. The highest BCUT2D eigenvalue weighted by molar-refractivity contribution is 4.72. The van der Waals surface area contributed by atoms with Crippen LogP contribution in [0.15, 0.2) is 6.08 Å². The predicted molar refractivity (Wildman–Crippen MR) is 22.3 cm³/mol. The first-order chi connectivity index (χ1) is 3.39. The Balaban J connectivity index is 2.47. The van der Waals surface area contributed by atoms with Crippen LogP contribution in [0.1, 0.15) is 0 Å². The Morgan fingerprint density at radius 3 is 3.00 bits per heavy atom. The summed E-state index contributed by atoms with van der Waals surface area (Å²) in [5.74, 6) is 0. The summed E-state index contributed by atoms with van der Waals surface area (Å²) >= 11 is 0. The van der Waals surface area contributed by atoms with Crippen LogP contribution in [0.25, 0.3) is 0 Å². The van der Waals surface area contributed by atoms with Crippen molar-refractivity contribution in [2.45, 2.75) is 0 Å². The highest BCUT2D eigenvalue weighted by Crippen LogP contribution is 1.86. The fourth-order valence-electron chi connectivity index (χ4n) is 0.360. The minimum Gasteiger partial charge on any atom is -0.227 e. The van der Waals surface area contributed by atoms with Crippen LogP contribution in [0.4, 0.5) is 0 Å². The number of hydrogen-bond donors (Lipinski definition) is 0. The van der Waals surface area contributed by atoms with E-state index in [1.165, 1.54) is 0 Å². The van der Waals surface area contributed by atoms with Crippen LogP contribution in [0.3, 0.4) is 0 Å². The summed E-state index contributed by atoms with van der Waals surface area (Å²) < 4.78 is 0. The first-order valence-corrected chi connectivity index (χ1v) is 2.02. The molecule has 0 aliphatic carbocycles. The normalized spacial score (nSPS) is 19.1. The molecule has 7 heavy (non-hydrogen) atoms. The Labute approximate surface area is 41.1 Å². The molecule has 3 nitrogen and oxygen atoms in total. The van der Waals surface area contributed by atoms with Gasteiger partial charge in [-0.3, -0.25) is 0 Å². The fourth-order valence-corrected chi connectivity index (χ4v) is 0.360. The van der Waals surface area contributed by atoms with Gasteiger partial charge in [0.15, 0.2) is 6.61 Å². The van der Waals surface area contributed by atoms with Gasteiger partial charge in [-0.1, -0.05) is 0 Å². The van der Waals surface area contributed by atoms with E-state index in [9.17, 15) is 4.91 Å². The fraction of sp³-hybridized carbons (Fsp3) is 0.500. The Bertz CT molecular complexity index is 108. The van der Waals surface area contributed by atoms with Crippen LogP contribution < -0.4 is 0 Å². The van der Waals surface area contributed by atoms with Crippen molar-refractivity contribution in [2.75, 3.05) is 13.2 Å². The molecule has 0 aromatic heterocycles. The van der Waals surface area contributed by atoms with Gasteiger partial charge in [0, 0.05) is 6.08 Å². The molecular formula is C4H5NO2+. The van der Waals surface area contributed by atoms with Crippen molar-refractivity contribution in [1.29, 1.82) is 0 Å². The van der Waals surface area contributed by atoms with Gasteiger partial charge in [-0.25, -0.2) is 4.84 Å². The average Bonchev–Trinajstić information content (AvgIpc) is 1.69. The van der Waals surface area contributed by atoms with Crippen LogP contribution in [0.2, 0.25) is 0 Å². The van der Waals surface area contributed by atoms with Crippen molar-refractivity contribution in [3.05, 3.63) is 17.1 Å². The smallest absolute Gasteiger partial charge is 0.227 e. The molecule has 0 atom stereocenters. The Hall–Kier alpha value is -0.860. The van der Waals surface area contributed by atoms with Gasteiger partial charge in [-0.05, 0) is 6.08 Å². The maximum absolute atomic E-state index is 10.1. The first kappa shape index (κ1) is 4.30. The zero-order valence-electron chi connectivity index (χ0n) is 3.76. The van der Waals surface area contributed by atoms with Gasteiger partial charge < -0.3 is 0 Å². The second-order valence-corrected chi connectivity index (χ2v) is 1.20. The van der Waals surface area contributed by atoms with Crippen molar-refractivity contribution < 1.29 is 9.76 Å². The molecule has 0 amide bonds. The van der Waals surface area contributed by atoms with E-state index in [4.69, 9.17) is 0 Å². The van der Waals surface area contributed by atoms with Crippen LogP contribution in [0, 0.1) is 11.0 Å². The molecular weight excluding hydrogens is 94.0 g/mol. The SMILES string of the molecule is O=[N+]1CC=[C]CO1. The van der Waals surface area contributed by atoms with E-state index in [1.54, 1.807) is 6.08 Å². The molecule has 37 valence electrons. The van der Waals surface area contributed by atoms with Crippen LogP contribution in [0.5, 0.6) is 0 Å². The molecule has 0 fully saturated rings. The Morgan fingerprint density at radius 1 is 1.86 bits per heavy atom. The summed E-state index contributed by atoms with van der Waals surface area (Å²) in [7, 11) is 0. The summed E-state index contributed by atoms with van der Waals surface area (Å²) in [5.41, 5.74) is 0. The van der Waals surface area contributed by atoms with Crippen molar-refractivity contribution in [3.8, 4) is 0 Å². The second-order valence-electron chi connectivity index (χ2n) is 1.20. The zero-order chi connectivity index (χ0) is 5.11. The summed E-state index contributed by atoms with van der Waals surface area (Å²) in [5, 5.41) is 0. The van der Waals surface area contributed by atoms with Crippen LogP contribution >= 0.6 is 0 Å². The molecule has 1 aliphatic rings. The predicted octanol–water partition coefficient (Wildman–Crippen LogP) is 0.0699. The quantitative estimate of drug-likeness (QED) is 0.430. The molecule has 0 N–H and O–H groups in total. The molecule has 0 saturated carbocycles. The third-order valence-corrected chi connectivity index (χ3v) is 0.677. The van der Waals surface area contributed by atoms with E-state index in [0.29, 0.717) is 18.1 Å². The van der Waals surface area contributed by atoms with Gasteiger partial charge in [0.2, 0.25) is 4.92 Å². The highest BCUT2D eigenvalue weighted by Gasteiger charge is 2.08. The zero-order valence-corrected chi connectivity index (χ0v) is 3.76. The van der Waals surface area contributed by atoms with Crippen LogP contribution in [-0.4, -0.2) is 18.1 Å². The maximum Gasteiger partial charge on any atom is 0.267 e. The van der Waals surface area contributed by atoms with Crippen molar-refractivity contribution in [2.24, 2.45) is 0 Å². The van der Waals surface area contributed by atoms with E-state index < -0.39 is 0 Å². The van der Waals surface area contributed by atoms with E-state index in [-0.39, 0.29) is 0 Å². The first-order valence-electron chi connectivity index (χ1n) is 2.02. The summed E-state index contributed by atoms with van der Waals surface area (Å²) in [6, 6.07) is 0. The molecule has 0 aromatic carbocycles. The lowest BCUT2D eigenvalue weighted by molar-refractivity contribution is -0.798. The number of nitrogens with zero attached hydrogens (tertiary/aromatic N) is 1. The number of rotatable bonds is 0. The van der Waals surface area contributed by atoms with Crippen molar-refractivity contribution in [3.63, 3.8) is 0 Å². The molecule has 0 aromatic rings. The molecule has 1 aliphatic heterocycles. The lowest BCUT2D eigenvalue weighted by atomic mass is 10.5. The third-order valence-electron chi connectivity index (χ3n) is 0.677. The van der Waals surface area contributed by atoms with Gasteiger partial charge in [0.1, 0.15) is 0 Å². The van der Waals surface area contributed by atoms with E-state index in [0.717, 1.165) is 0 Å². The largest absolute Gasteiger partial charge is 0.267 e. The molecule has 0 saturated heterocycles. The summed E-state index contributed by atoms with van der Waals surface area (Å²) in [4.78, 5) is 15.0. The van der Waals surface area contributed by atoms with Crippen LogP contribution in [-0.2, 0) is 4.84 Å². The molecule has 0 bridgehead atoms. The minimum atomic E-state index is 0.295. The van der Waals surface area contributed by atoms with Gasteiger partial charge in [0.05, 0.1) is 4.91 Å². The van der Waals surface area contributed by atoms with Gasteiger partial charge >= 0.3 is 0 Å². The Kier molecular flexibility index (Phi) is 1.06. The standard InChI is InChI=1S/C4H5NO2/c6-5-3-1-2-4-7-5/h1H,3-4H2/q+1. The lowest BCUT2D eigenvalue weighted by Gasteiger charge is -1.90. The van der Waals surface area contributed by atoms with E-state index in [2.05, 4.69) is 10.9 Å². The second kappa shape index (κ2) is 1.73. The maximum atomic E-state index is 10.1. The topological polar surface area (TPSA) is 29.3 Å². The van der Waals surface area contributed by atoms with Crippen molar-refractivity contribution in [1.82, 2.24) is 0 Å². The van der Waals surface area contributed by atoms with E-state index >= 15 is 0 Å². The number of hydrogen-bond acceptors (Lipinski definition) is 2. The lowest BCUT2D eigenvalue weighted by Crippen LogP contribution is -2.13. The highest BCUT2D eigenvalue weighted by atomic mass is 16.8. The summed E-state index contributed by atoms with van der Waals surface area (Å²) in [6.07, 6.45) is 4.38. The Morgan fingerprint density at radius 2 is 2.71 bits per heavy atom. The molecule has 1 heterocycles. The molecule has 0 spiro atoms. The van der Waals surface area contributed by atoms with Crippen molar-refractivity contribution >= 4 is 0 Å². The molecule has 3 heteroatoms. The monoisotopic (exact) mass is 99.0 g/mol. The van der Waals surface area contributed by atoms with Gasteiger partial charge in [-0.2, -0.15) is 0 Å². The average molecular weight is 99.1 g/mol. The molecule has 1 radical (unpaired) electrons.